The van der Waals surface area contributed by atoms with Gasteiger partial charge in [0.05, 0.1) is 0 Å². The number of likely N-dealkylation sites (N-methyl/N-ethyl adjacent to an activating group) is 1. The normalized spacial score (nSPS) is 12.1. The molecule has 0 radical (unpaired) electrons. The Morgan fingerprint density at radius 1 is 1.17 bits per heavy atom. The van der Waals surface area contributed by atoms with Gasteiger partial charge >= 0.3 is 0 Å². The van der Waals surface area contributed by atoms with E-state index in [9.17, 15) is 4.79 Å². The number of hydrogen-bond acceptors (Lipinski definition) is 4. The van der Waals surface area contributed by atoms with Crippen molar-refractivity contribution in [2.24, 2.45) is 0 Å². The third kappa shape index (κ3) is 3.96. The van der Waals surface area contributed by atoms with Gasteiger partial charge in [0.2, 0.25) is 6.79 Å². The zero-order valence-electron chi connectivity index (χ0n) is 12.6. The van der Waals surface area contributed by atoms with Gasteiger partial charge in [-0.1, -0.05) is 22.0 Å². The van der Waals surface area contributed by atoms with Crippen molar-refractivity contribution in [3.63, 3.8) is 0 Å². The summed E-state index contributed by atoms with van der Waals surface area (Å²) in [6.07, 6.45) is 0. The number of fused-ring (bicyclic) bond motifs is 1. The van der Waals surface area contributed by atoms with E-state index in [1.165, 1.54) is 0 Å². The van der Waals surface area contributed by atoms with Crippen LogP contribution in [0.15, 0.2) is 46.9 Å². The number of hydrogen-bond donors (Lipinski definition) is 0. The van der Waals surface area contributed by atoms with Crippen molar-refractivity contribution in [1.29, 1.82) is 0 Å². The molecular formula is C17H16BrNO4. The summed E-state index contributed by atoms with van der Waals surface area (Å²) in [6.45, 7) is 0.733. The van der Waals surface area contributed by atoms with E-state index in [-0.39, 0.29) is 19.3 Å². The molecule has 0 saturated heterocycles. The van der Waals surface area contributed by atoms with Crippen LogP contribution in [0.1, 0.15) is 5.56 Å². The molecule has 0 N–H and O–H groups in total. The first-order valence-electron chi connectivity index (χ1n) is 7.13. The summed E-state index contributed by atoms with van der Waals surface area (Å²) in [5.74, 6) is 2.03. The van der Waals surface area contributed by atoms with Crippen molar-refractivity contribution >= 4 is 21.8 Å². The first kappa shape index (κ1) is 15.7. The molecule has 3 rings (SSSR count). The van der Waals surface area contributed by atoms with Crippen LogP contribution in [-0.2, 0) is 11.3 Å². The second-order valence-corrected chi connectivity index (χ2v) is 6.10. The minimum Gasteiger partial charge on any atom is -0.484 e. The molecule has 2 aromatic rings. The summed E-state index contributed by atoms with van der Waals surface area (Å²) < 4.78 is 17.1. The highest BCUT2D eigenvalue weighted by Gasteiger charge is 2.15. The molecule has 0 aliphatic carbocycles. The zero-order chi connectivity index (χ0) is 16.2. The summed E-state index contributed by atoms with van der Waals surface area (Å²) in [5, 5.41) is 0. The fourth-order valence-electron chi connectivity index (χ4n) is 2.19. The molecule has 5 nitrogen and oxygen atoms in total. The number of carbonyl (C=O) groups excluding carboxylic acids is 1. The fourth-order valence-corrected chi connectivity index (χ4v) is 2.45. The Morgan fingerprint density at radius 3 is 2.70 bits per heavy atom. The molecule has 1 aliphatic rings. The van der Waals surface area contributed by atoms with E-state index < -0.39 is 0 Å². The molecule has 0 unspecified atom stereocenters. The third-order valence-corrected chi connectivity index (χ3v) is 3.99. The third-order valence-electron chi connectivity index (χ3n) is 3.46. The molecule has 1 aliphatic heterocycles. The first-order valence-corrected chi connectivity index (χ1v) is 7.92. The maximum atomic E-state index is 12.2. The highest BCUT2D eigenvalue weighted by Crippen LogP contribution is 2.32. The van der Waals surface area contributed by atoms with E-state index in [4.69, 9.17) is 14.2 Å². The summed E-state index contributed by atoms with van der Waals surface area (Å²) in [7, 11) is 1.75. The molecule has 0 saturated carbocycles. The Morgan fingerprint density at radius 2 is 1.91 bits per heavy atom. The average Bonchev–Trinajstić information content (AvgIpc) is 3.01. The highest BCUT2D eigenvalue weighted by molar-refractivity contribution is 9.10. The van der Waals surface area contributed by atoms with Crippen LogP contribution < -0.4 is 14.2 Å². The Balaban J connectivity index is 1.54. The summed E-state index contributed by atoms with van der Waals surface area (Å²) >= 11 is 3.36. The van der Waals surface area contributed by atoms with Crippen molar-refractivity contribution in [1.82, 2.24) is 4.90 Å². The number of benzene rings is 2. The van der Waals surface area contributed by atoms with Gasteiger partial charge in [-0.2, -0.15) is 0 Å². The van der Waals surface area contributed by atoms with Crippen molar-refractivity contribution < 1.29 is 19.0 Å². The minimum absolute atomic E-state index is 0.00266. The summed E-state index contributed by atoms with van der Waals surface area (Å²) in [5.41, 5.74) is 0.980. The van der Waals surface area contributed by atoms with Gasteiger partial charge in [0.1, 0.15) is 5.75 Å². The van der Waals surface area contributed by atoms with Gasteiger partial charge in [0.15, 0.2) is 18.1 Å². The molecule has 2 aromatic carbocycles. The van der Waals surface area contributed by atoms with Crippen LogP contribution in [0.3, 0.4) is 0 Å². The second-order valence-electron chi connectivity index (χ2n) is 5.18. The highest BCUT2D eigenvalue weighted by atomic mass is 79.9. The fraction of sp³-hybridized carbons (Fsp3) is 0.235. The lowest BCUT2D eigenvalue weighted by molar-refractivity contribution is -0.132. The zero-order valence-corrected chi connectivity index (χ0v) is 14.2. The largest absolute Gasteiger partial charge is 0.484 e. The van der Waals surface area contributed by atoms with E-state index in [0.717, 1.165) is 21.5 Å². The predicted molar refractivity (Wildman–Crippen MR) is 88.7 cm³/mol. The number of ether oxygens (including phenoxy) is 3. The number of rotatable bonds is 5. The van der Waals surface area contributed by atoms with Gasteiger partial charge in [-0.25, -0.2) is 0 Å². The summed E-state index contributed by atoms with van der Waals surface area (Å²) in [4.78, 5) is 13.8. The van der Waals surface area contributed by atoms with Crippen LogP contribution in [0.2, 0.25) is 0 Å². The number of carbonyl (C=O) groups is 1. The van der Waals surface area contributed by atoms with Crippen LogP contribution in [0.25, 0.3) is 0 Å². The van der Waals surface area contributed by atoms with Crippen LogP contribution >= 0.6 is 15.9 Å². The molecule has 1 heterocycles. The van der Waals surface area contributed by atoms with Crippen molar-refractivity contribution in [3.8, 4) is 17.2 Å². The van der Waals surface area contributed by atoms with Gasteiger partial charge in [-0.05, 0) is 42.0 Å². The number of halogens is 1. The molecule has 0 aromatic heterocycles. The molecule has 0 atom stereocenters. The minimum atomic E-state index is -0.0921. The Hall–Kier alpha value is -2.21. The Bertz CT molecular complexity index is 702. The first-order chi connectivity index (χ1) is 11.1. The van der Waals surface area contributed by atoms with E-state index >= 15 is 0 Å². The standard InChI is InChI=1S/C17H16BrNO4/c1-19(9-12-2-7-15-16(8-12)23-11-22-15)17(20)10-21-14-5-3-13(18)4-6-14/h2-8H,9-11H2,1H3. The smallest absolute Gasteiger partial charge is 0.260 e. The summed E-state index contributed by atoms with van der Waals surface area (Å²) in [6, 6.07) is 13.0. The van der Waals surface area contributed by atoms with Crippen LogP contribution in [0.4, 0.5) is 0 Å². The lowest BCUT2D eigenvalue weighted by atomic mass is 10.2. The molecule has 120 valence electrons. The van der Waals surface area contributed by atoms with Gasteiger partial charge < -0.3 is 19.1 Å². The molecule has 0 fully saturated rings. The van der Waals surface area contributed by atoms with E-state index in [1.54, 1.807) is 11.9 Å². The topological polar surface area (TPSA) is 48.0 Å². The van der Waals surface area contributed by atoms with Crippen LogP contribution in [0, 0.1) is 0 Å². The molecular weight excluding hydrogens is 362 g/mol. The van der Waals surface area contributed by atoms with Crippen molar-refractivity contribution in [2.45, 2.75) is 6.54 Å². The Kier molecular flexibility index (Phi) is 4.71. The van der Waals surface area contributed by atoms with Gasteiger partial charge in [-0.15, -0.1) is 0 Å². The van der Waals surface area contributed by atoms with Gasteiger partial charge in [0, 0.05) is 18.1 Å². The van der Waals surface area contributed by atoms with Gasteiger partial charge in [-0.3, -0.25) is 4.79 Å². The molecule has 6 heteroatoms. The Labute approximate surface area is 142 Å². The van der Waals surface area contributed by atoms with E-state index in [2.05, 4.69) is 15.9 Å². The lowest BCUT2D eigenvalue weighted by Crippen LogP contribution is -2.30. The molecule has 0 bridgehead atoms. The maximum Gasteiger partial charge on any atom is 0.260 e. The predicted octanol–water partition coefficient (Wildman–Crippen LogP) is 3.22. The van der Waals surface area contributed by atoms with Crippen LogP contribution in [0.5, 0.6) is 17.2 Å². The maximum absolute atomic E-state index is 12.2. The van der Waals surface area contributed by atoms with Crippen LogP contribution in [-0.4, -0.2) is 31.3 Å². The SMILES string of the molecule is CN(Cc1ccc2c(c1)OCO2)C(=O)COc1ccc(Br)cc1. The molecule has 23 heavy (non-hydrogen) atoms. The lowest BCUT2D eigenvalue weighted by Gasteiger charge is -2.18. The number of nitrogens with zero attached hydrogens (tertiary/aromatic N) is 1. The van der Waals surface area contributed by atoms with Gasteiger partial charge in [0.25, 0.3) is 5.91 Å². The van der Waals surface area contributed by atoms with Crippen molar-refractivity contribution in [3.05, 3.63) is 52.5 Å². The number of amides is 1. The second kappa shape index (κ2) is 6.91. The van der Waals surface area contributed by atoms with E-state index in [1.807, 2.05) is 42.5 Å². The molecule has 1 amide bonds. The quantitative estimate of drug-likeness (QED) is 0.802. The van der Waals surface area contributed by atoms with E-state index in [0.29, 0.717) is 12.3 Å². The molecule has 0 spiro atoms. The average molecular weight is 378 g/mol. The monoisotopic (exact) mass is 377 g/mol. The van der Waals surface area contributed by atoms with Crippen molar-refractivity contribution in [2.75, 3.05) is 20.4 Å².